The van der Waals surface area contributed by atoms with Gasteiger partial charge in [-0.25, -0.2) is 0 Å². The van der Waals surface area contributed by atoms with E-state index in [0.717, 1.165) is 19.0 Å². The van der Waals surface area contributed by atoms with Crippen LogP contribution in [0.2, 0.25) is 0 Å². The van der Waals surface area contributed by atoms with E-state index >= 15 is 0 Å². The van der Waals surface area contributed by atoms with Crippen molar-refractivity contribution in [1.29, 1.82) is 0 Å². The molecule has 0 aromatic heterocycles. The first kappa shape index (κ1) is 12.5. The quantitative estimate of drug-likeness (QED) is 0.701. The maximum Gasteiger partial charge on any atom is 0.236 e. The van der Waals surface area contributed by atoms with E-state index in [1.54, 1.807) is 0 Å². The number of hydrogen-bond donors (Lipinski definition) is 2. The molecule has 0 aromatic carbocycles. The smallest absolute Gasteiger partial charge is 0.236 e. The molecule has 0 saturated heterocycles. The maximum absolute atomic E-state index is 11.6. The van der Waals surface area contributed by atoms with Gasteiger partial charge in [0.1, 0.15) is 0 Å². The van der Waals surface area contributed by atoms with Gasteiger partial charge in [-0.05, 0) is 38.1 Å². The highest BCUT2D eigenvalue weighted by Crippen LogP contribution is 2.25. The monoisotopic (exact) mass is 212 g/mol. The highest BCUT2D eigenvalue weighted by Gasteiger charge is 2.19. The van der Waals surface area contributed by atoms with Crippen molar-refractivity contribution in [3.05, 3.63) is 0 Å². The average Bonchev–Trinajstić information content (AvgIpc) is 2.11. The van der Waals surface area contributed by atoms with Crippen molar-refractivity contribution in [2.75, 3.05) is 13.1 Å². The maximum atomic E-state index is 11.6. The third-order valence-corrected chi connectivity index (χ3v) is 3.02. The summed E-state index contributed by atoms with van der Waals surface area (Å²) in [5.74, 6) is 1.46. The fourth-order valence-corrected chi connectivity index (χ4v) is 1.59. The highest BCUT2D eigenvalue weighted by molar-refractivity contribution is 5.81. The first-order valence-electron chi connectivity index (χ1n) is 6.10. The highest BCUT2D eigenvalue weighted by atomic mass is 16.2. The third-order valence-electron chi connectivity index (χ3n) is 3.02. The summed E-state index contributed by atoms with van der Waals surface area (Å²) in [7, 11) is 0. The van der Waals surface area contributed by atoms with Gasteiger partial charge in [0, 0.05) is 6.54 Å². The molecule has 0 spiro atoms. The molecule has 2 N–H and O–H groups in total. The lowest BCUT2D eigenvalue weighted by Gasteiger charge is -2.27. The molecule has 1 saturated carbocycles. The van der Waals surface area contributed by atoms with E-state index in [9.17, 15) is 4.79 Å². The van der Waals surface area contributed by atoms with Gasteiger partial charge >= 0.3 is 0 Å². The largest absolute Gasteiger partial charge is 0.354 e. The van der Waals surface area contributed by atoms with Gasteiger partial charge in [-0.2, -0.15) is 0 Å². The Morgan fingerprint density at radius 3 is 2.47 bits per heavy atom. The molecule has 0 radical (unpaired) electrons. The Kier molecular flexibility index (Phi) is 5.09. The van der Waals surface area contributed by atoms with Crippen LogP contribution in [0.3, 0.4) is 0 Å². The van der Waals surface area contributed by atoms with Crippen molar-refractivity contribution in [3.8, 4) is 0 Å². The third kappa shape index (κ3) is 4.65. The van der Waals surface area contributed by atoms with Crippen LogP contribution in [0.1, 0.15) is 40.0 Å². The zero-order valence-electron chi connectivity index (χ0n) is 10.2. The molecule has 0 heterocycles. The molecule has 15 heavy (non-hydrogen) atoms. The Morgan fingerprint density at radius 1 is 1.33 bits per heavy atom. The Labute approximate surface area is 93.0 Å². The topological polar surface area (TPSA) is 41.1 Å². The van der Waals surface area contributed by atoms with Crippen LogP contribution in [0.25, 0.3) is 0 Å². The van der Waals surface area contributed by atoms with Crippen LogP contribution < -0.4 is 10.6 Å². The van der Waals surface area contributed by atoms with Gasteiger partial charge < -0.3 is 10.6 Å². The predicted octanol–water partition coefficient (Wildman–Crippen LogP) is 1.54. The molecule has 1 aliphatic carbocycles. The summed E-state index contributed by atoms with van der Waals surface area (Å²) < 4.78 is 0. The van der Waals surface area contributed by atoms with Gasteiger partial charge in [0.2, 0.25) is 5.91 Å². The molecular weight excluding hydrogens is 188 g/mol. The second-order valence-corrected chi connectivity index (χ2v) is 5.07. The van der Waals surface area contributed by atoms with E-state index in [2.05, 4.69) is 24.5 Å². The second kappa shape index (κ2) is 6.11. The van der Waals surface area contributed by atoms with E-state index < -0.39 is 0 Å². The first-order valence-corrected chi connectivity index (χ1v) is 6.10. The lowest BCUT2D eigenvalue weighted by Crippen LogP contribution is -2.45. The summed E-state index contributed by atoms with van der Waals surface area (Å²) in [6.45, 7) is 7.92. The minimum atomic E-state index is -0.0515. The lowest BCUT2D eigenvalue weighted by atomic mass is 9.85. The van der Waals surface area contributed by atoms with Gasteiger partial charge in [-0.1, -0.05) is 20.3 Å². The van der Waals surface area contributed by atoms with E-state index in [-0.39, 0.29) is 11.9 Å². The molecule has 0 aliphatic heterocycles. The number of amides is 1. The molecule has 1 rings (SSSR count). The minimum Gasteiger partial charge on any atom is -0.354 e. The molecule has 3 heteroatoms. The summed E-state index contributed by atoms with van der Waals surface area (Å²) in [5, 5.41) is 6.24. The molecule has 0 bridgehead atoms. The number of hydrogen-bond acceptors (Lipinski definition) is 2. The van der Waals surface area contributed by atoms with Gasteiger partial charge in [-0.15, -0.1) is 0 Å². The summed E-state index contributed by atoms with van der Waals surface area (Å²) in [6, 6.07) is -0.0515. The van der Waals surface area contributed by atoms with Crippen LogP contribution in [0, 0.1) is 11.8 Å². The Morgan fingerprint density at radius 2 is 2.00 bits per heavy atom. The fraction of sp³-hybridized carbons (Fsp3) is 0.917. The minimum absolute atomic E-state index is 0.0515. The number of carbonyl (C=O) groups excluding carboxylic acids is 1. The molecule has 0 aromatic rings. The van der Waals surface area contributed by atoms with Crippen molar-refractivity contribution < 1.29 is 4.79 Å². The Balaban J connectivity index is 2.08. The molecule has 1 aliphatic rings. The van der Waals surface area contributed by atoms with Crippen molar-refractivity contribution in [1.82, 2.24) is 10.6 Å². The number of rotatable bonds is 6. The van der Waals surface area contributed by atoms with E-state index in [1.807, 2.05) is 6.92 Å². The molecule has 1 unspecified atom stereocenters. The van der Waals surface area contributed by atoms with Crippen LogP contribution in [0.15, 0.2) is 0 Å². The van der Waals surface area contributed by atoms with Crippen molar-refractivity contribution >= 4 is 5.91 Å². The summed E-state index contributed by atoms with van der Waals surface area (Å²) in [5.41, 5.74) is 0. The van der Waals surface area contributed by atoms with Gasteiger partial charge in [0.05, 0.1) is 6.04 Å². The zero-order valence-corrected chi connectivity index (χ0v) is 10.2. The average molecular weight is 212 g/mol. The van der Waals surface area contributed by atoms with Crippen LogP contribution in [-0.4, -0.2) is 25.0 Å². The Bertz CT molecular complexity index is 200. The first-order chi connectivity index (χ1) is 7.09. The summed E-state index contributed by atoms with van der Waals surface area (Å²) in [4.78, 5) is 11.6. The normalized spacial score (nSPS) is 18.7. The fourth-order valence-electron chi connectivity index (χ4n) is 1.59. The molecular formula is C12H24N2O. The standard InChI is InChI=1S/C12H24N2O/c1-9(2)7-14-12(15)10(3)13-8-11-5-4-6-11/h9-11,13H,4-8H2,1-3H3,(H,14,15). The van der Waals surface area contributed by atoms with Gasteiger partial charge in [-0.3, -0.25) is 4.79 Å². The number of nitrogens with one attached hydrogen (secondary N) is 2. The number of carbonyl (C=O) groups is 1. The molecule has 88 valence electrons. The van der Waals surface area contributed by atoms with Crippen LogP contribution in [-0.2, 0) is 4.79 Å². The Hall–Kier alpha value is -0.570. The zero-order chi connectivity index (χ0) is 11.3. The molecule has 1 amide bonds. The van der Waals surface area contributed by atoms with Crippen LogP contribution in [0.4, 0.5) is 0 Å². The van der Waals surface area contributed by atoms with Crippen LogP contribution in [0.5, 0.6) is 0 Å². The van der Waals surface area contributed by atoms with E-state index in [4.69, 9.17) is 0 Å². The predicted molar refractivity (Wildman–Crippen MR) is 62.7 cm³/mol. The summed E-state index contributed by atoms with van der Waals surface area (Å²) in [6.07, 6.45) is 4.01. The molecule has 1 fully saturated rings. The van der Waals surface area contributed by atoms with Crippen molar-refractivity contribution in [3.63, 3.8) is 0 Å². The van der Waals surface area contributed by atoms with Crippen LogP contribution >= 0.6 is 0 Å². The van der Waals surface area contributed by atoms with Crippen molar-refractivity contribution in [2.24, 2.45) is 11.8 Å². The lowest BCUT2D eigenvalue weighted by molar-refractivity contribution is -0.122. The summed E-state index contributed by atoms with van der Waals surface area (Å²) >= 11 is 0. The van der Waals surface area contributed by atoms with Gasteiger partial charge in [0.25, 0.3) is 0 Å². The molecule has 3 nitrogen and oxygen atoms in total. The SMILES string of the molecule is CC(C)CNC(=O)C(C)NCC1CCC1. The van der Waals surface area contributed by atoms with E-state index in [0.29, 0.717) is 5.92 Å². The van der Waals surface area contributed by atoms with E-state index in [1.165, 1.54) is 19.3 Å². The second-order valence-electron chi connectivity index (χ2n) is 5.07. The van der Waals surface area contributed by atoms with Gasteiger partial charge in [0.15, 0.2) is 0 Å². The van der Waals surface area contributed by atoms with Crippen molar-refractivity contribution in [2.45, 2.75) is 46.1 Å². The molecule has 1 atom stereocenters.